The average Bonchev–Trinajstić information content (AvgIpc) is 3.02. The van der Waals surface area contributed by atoms with Gasteiger partial charge in [0.2, 0.25) is 0 Å². The second kappa shape index (κ2) is 11.1. The Labute approximate surface area is 225 Å². The van der Waals surface area contributed by atoms with Crippen LogP contribution in [0.2, 0.25) is 0 Å². The van der Waals surface area contributed by atoms with Crippen LogP contribution in [0, 0.1) is 6.92 Å². The summed E-state index contributed by atoms with van der Waals surface area (Å²) in [5.41, 5.74) is 5.80. The van der Waals surface area contributed by atoms with Gasteiger partial charge in [0.1, 0.15) is 11.6 Å². The number of alkyl halides is 3. The number of rotatable bonds is 5. The number of methoxy groups -OCH3 is 1. The zero-order valence-corrected chi connectivity index (χ0v) is 22.6. The highest BCUT2D eigenvalue weighted by molar-refractivity contribution is 5.92. The van der Waals surface area contributed by atoms with E-state index in [4.69, 9.17) is 15.2 Å². The fourth-order valence-corrected chi connectivity index (χ4v) is 4.78. The Morgan fingerprint density at radius 1 is 1.15 bits per heavy atom. The van der Waals surface area contributed by atoms with E-state index in [9.17, 15) is 18.0 Å². The van der Waals surface area contributed by atoms with Crippen LogP contribution in [0.5, 0.6) is 11.5 Å². The highest BCUT2D eigenvalue weighted by Crippen LogP contribution is 2.37. The van der Waals surface area contributed by atoms with Crippen molar-refractivity contribution in [3.05, 3.63) is 47.3 Å². The molecule has 1 aliphatic rings. The Bertz CT molecular complexity index is 1370. The molecule has 0 aliphatic carbocycles. The van der Waals surface area contributed by atoms with E-state index in [-0.39, 0.29) is 17.5 Å². The van der Waals surface area contributed by atoms with E-state index in [0.29, 0.717) is 40.4 Å². The van der Waals surface area contributed by atoms with Crippen molar-refractivity contribution in [1.29, 1.82) is 0 Å². The van der Waals surface area contributed by atoms with Crippen LogP contribution >= 0.6 is 0 Å². The summed E-state index contributed by atoms with van der Waals surface area (Å²) in [7, 11) is 3.48. The Hall–Kier alpha value is -3.80. The maximum atomic E-state index is 13.4. The molecule has 1 saturated heterocycles. The smallest absolute Gasteiger partial charge is 0.416 e. The van der Waals surface area contributed by atoms with Gasteiger partial charge in [0.05, 0.1) is 24.2 Å². The van der Waals surface area contributed by atoms with Gasteiger partial charge in [-0.25, -0.2) is 14.8 Å². The maximum Gasteiger partial charge on any atom is 0.416 e. The summed E-state index contributed by atoms with van der Waals surface area (Å²) in [5.74, 6) is 1.31. The molecule has 1 fully saturated rings. The monoisotopic (exact) mass is 546 g/mol. The fourth-order valence-electron chi connectivity index (χ4n) is 4.78. The van der Waals surface area contributed by atoms with Crippen molar-refractivity contribution in [2.45, 2.75) is 45.5 Å². The van der Waals surface area contributed by atoms with Crippen LogP contribution < -0.4 is 20.5 Å². The van der Waals surface area contributed by atoms with Gasteiger partial charge in [-0.05, 0) is 70.6 Å². The van der Waals surface area contributed by atoms with E-state index in [2.05, 4.69) is 20.2 Å². The Morgan fingerprint density at radius 2 is 1.90 bits per heavy atom. The number of nitrogens with one attached hydrogen (secondary N) is 1. The van der Waals surface area contributed by atoms with E-state index >= 15 is 0 Å². The van der Waals surface area contributed by atoms with E-state index in [0.717, 1.165) is 31.6 Å². The molecule has 1 aliphatic heterocycles. The number of halogens is 3. The molecule has 0 saturated carbocycles. The second-order valence-corrected chi connectivity index (χ2v) is 9.92. The van der Waals surface area contributed by atoms with Gasteiger partial charge < -0.3 is 30.3 Å². The van der Waals surface area contributed by atoms with Gasteiger partial charge in [-0.3, -0.25) is 0 Å². The van der Waals surface area contributed by atoms with Crippen LogP contribution in [0.15, 0.2) is 30.3 Å². The number of hydrogen-bond acceptors (Lipinski definition) is 8. The first-order chi connectivity index (χ1) is 18.3. The first-order valence-corrected chi connectivity index (χ1v) is 12.6. The van der Waals surface area contributed by atoms with Gasteiger partial charge in [0.15, 0.2) is 11.5 Å². The third kappa shape index (κ3) is 6.44. The molecule has 210 valence electrons. The molecule has 1 amide bonds. The molecule has 0 radical (unpaired) electrons. The molecule has 2 atom stereocenters. The first kappa shape index (κ1) is 28.2. The largest absolute Gasteiger partial charge is 0.493 e. The number of nitrogens with zero attached hydrogens (tertiary/aromatic N) is 4. The number of ether oxygens (including phenoxy) is 2. The van der Waals surface area contributed by atoms with Crippen LogP contribution in [0.4, 0.5) is 29.5 Å². The lowest BCUT2D eigenvalue weighted by Crippen LogP contribution is -2.43. The zero-order chi connectivity index (χ0) is 28.5. The van der Waals surface area contributed by atoms with Crippen molar-refractivity contribution in [2.75, 3.05) is 44.8 Å². The van der Waals surface area contributed by atoms with Crippen molar-refractivity contribution < 1.29 is 27.4 Å². The lowest BCUT2D eigenvalue weighted by molar-refractivity contribution is -0.137. The van der Waals surface area contributed by atoms with Crippen molar-refractivity contribution in [3.63, 3.8) is 0 Å². The maximum absolute atomic E-state index is 13.4. The first-order valence-electron chi connectivity index (χ1n) is 12.6. The topological polar surface area (TPSA) is 106 Å². The average molecular weight is 547 g/mol. The minimum atomic E-state index is -4.53. The lowest BCUT2D eigenvalue weighted by atomic mass is 10.0. The third-order valence-corrected chi connectivity index (χ3v) is 6.73. The molecule has 9 nitrogen and oxygen atoms in total. The minimum Gasteiger partial charge on any atom is -0.493 e. The molecule has 39 heavy (non-hydrogen) atoms. The van der Waals surface area contributed by atoms with Gasteiger partial charge in [0.25, 0.3) is 0 Å². The molecule has 12 heteroatoms. The molecule has 0 spiro atoms. The fraction of sp³-hybridized carbons (Fsp3) is 0.444. The molecule has 3 N–H and O–H groups in total. The van der Waals surface area contributed by atoms with Crippen molar-refractivity contribution in [2.24, 2.45) is 0 Å². The van der Waals surface area contributed by atoms with Gasteiger partial charge in [-0.2, -0.15) is 13.2 Å². The van der Waals surface area contributed by atoms with Gasteiger partial charge in [-0.15, -0.1) is 0 Å². The summed E-state index contributed by atoms with van der Waals surface area (Å²) in [6.07, 6.45) is -4.20. The number of aryl methyl sites for hydroxylation is 1. The molecule has 0 bridgehead atoms. The molecule has 2 heterocycles. The molecule has 1 aromatic heterocycles. The number of aromatic nitrogens is 2. The predicted molar refractivity (Wildman–Crippen MR) is 143 cm³/mol. The number of benzene rings is 2. The summed E-state index contributed by atoms with van der Waals surface area (Å²) in [6, 6.07) is 6.06. The summed E-state index contributed by atoms with van der Waals surface area (Å²) in [6.45, 7) is 7.56. The third-order valence-electron chi connectivity index (χ3n) is 6.73. The van der Waals surface area contributed by atoms with E-state index < -0.39 is 23.9 Å². The van der Waals surface area contributed by atoms with Crippen molar-refractivity contribution >= 4 is 28.5 Å². The van der Waals surface area contributed by atoms with E-state index in [1.54, 1.807) is 30.9 Å². The molecule has 3 aromatic rings. The summed E-state index contributed by atoms with van der Waals surface area (Å²) >= 11 is 0. The molecule has 0 unspecified atom stereocenters. The minimum absolute atomic E-state index is 0.00470. The van der Waals surface area contributed by atoms with Crippen LogP contribution in [0.1, 0.15) is 43.3 Å². The Kier molecular flexibility index (Phi) is 8.05. The van der Waals surface area contributed by atoms with Crippen LogP contribution in [0.3, 0.4) is 0 Å². The number of nitrogen functional groups attached to an aromatic ring is 1. The van der Waals surface area contributed by atoms with Crippen molar-refractivity contribution in [3.8, 4) is 11.5 Å². The van der Waals surface area contributed by atoms with Crippen LogP contribution in [0.25, 0.3) is 10.9 Å². The Morgan fingerprint density at radius 3 is 2.59 bits per heavy atom. The van der Waals surface area contributed by atoms with Gasteiger partial charge in [0, 0.05) is 36.3 Å². The normalized spacial score (nSPS) is 17.5. The number of likely N-dealkylation sites (N-methyl/N-ethyl adjacent to an activating group) is 1. The summed E-state index contributed by atoms with van der Waals surface area (Å²) < 4.78 is 51.4. The predicted octanol–water partition coefficient (Wildman–Crippen LogP) is 5.25. The summed E-state index contributed by atoms with van der Waals surface area (Å²) in [4.78, 5) is 26.0. The van der Waals surface area contributed by atoms with Gasteiger partial charge in [-0.1, -0.05) is 0 Å². The number of hydrogen-bond donors (Lipinski definition) is 2. The quantitative estimate of drug-likeness (QED) is 0.419. The van der Waals surface area contributed by atoms with Gasteiger partial charge >= 0.3 is 12.3 Å². The molecule has 4 rings (SSSR count). The molecule has 2 aromatic carbocycles. The number of nitrogens with two attached hydrogens (primary N) is 1. The highest BCUT2D eigenvalue weighted by atomic mass is 19.4. The Balaban J connectivity index is 1.68. The van der Waals surface area contributed by atoms with Crippen LogP contribution in [-0.4, -0.2) is 65.7 Å². The molecular weight excluding hydrogens is 513 g/mol. The standard InChI is InChI=1S/C27H33F3N6O3/c1-15-14-35(4)7-6-8-36(15)26(37)39-24-12-21-22(13-23(24)38-5)33-17(3)34-25(21)32-16(2)18-9-19(27(28,29)30)11-20(31)10-18/h9-13,15-16H,6-8,14,31H2,1-5H3,(H,32,33,34)/t15-,16+/m0/s1. The summed E-state index contributed by atoms with van der Waals surface area (Å²) in [5, 5.41) is 3.69. The van der Waals surface area contributed by atoms with Crippen molar-refractivity contribution in [1.82, 2.24) is 19.8 Å². The zero-order valence-electron chi connectivity index (χ0n) is 22.6. The number of fused-ring (bicyclic) bond motifs is 1. The van der Waals surface area contributed by atoms with Crippen LogP contribution in [-0.2, 0) is 6.18 Å². The lowest BCUT2D eigenvalue weighted by Gasteiger charge is -2.27. The number of carbonyl (C=O) groups excluding carboxylic acids is 1. The van der Waals surface area contributed by atoms with E-state index in [1.165, 1.54) is 13.2 Å². The van der Waals surface area contributed by atoms with E-state index in [1.807, 2.05) is 14.0 Å². The number of amides is 1. The SMILES string of the molecule is COc1cc2nc(C)nc(N[C@H](C)c3cc(N)cc(C(F)(F)F)c3)c2cc1OC(=O)N1CCCN(C)C[C@@H]1C. The highest BCUT2D eigenvalue weighted by Gasteiger charge is 2.32. The number of carbonyl (C=O) groups is 1. The number of anilines is 2. The molecular formula is C27H33F3N6O3. The second-order valence-electron chi connectivity index (χ2n) is 9.92.